The SMILES string of the molecule is CC(C)Oc1ccc(-c2nc(-c3cccc4c3CCC4=NCCCC(=O)O)no2)cc1C#N. The van der Waals surface area contributed by atoms with Crippen LogP contribution in [-0.4, -0.2) is 39.6 Å². The van der Waals surface area contributed by atoms with Crippen LogP contribution >= 0.6 is 0 Å². The molecule has 0 spiro atoms. The van der Waals surface area contributed by atoms with Crippen LogP contribution in [0.15, 0.2) is 45.9 Å². The van der Waals surface area contributed by atoms with Gasteiger partial charge in [-0.25, -0.2) is 0 Å². The minimum atomic E-state index is -0.804. The molecule has 0 saturated carbocycles. The second kappa shape index (κ2) is 9.65. The Morgan fingerprint density at radius 3 is 2.85 bits per heavy atom. The highest BCUT2D eigenvalue weighted by atomic mass is 16.5. The number of aliphatic imine (C=N–C) groups is 1. The first-order valence-electron chi connectivity index (χ1n) is 10.9. The molecule has 2 aromatic carbocycles. The van der Waals surface area contributed by atoms with E-state index in [4.69, 9.17) is 14.4 Å². The van der Waals surface area contributed by atoms with Gasteiger partial charge in [-0.1, -0.05) is 23.4 Å². The molecule has 0 fully saturated rings. The summed E-state index contributed by atoms with van der Waals surface area (Å²) in [6.45, 7) is 4.31. The zero-order valence-electron chi connectivity index (χ0n) is 18.5. The number of aromatic nitrogens is 2. The van der Waals surface area contributed by atoms with Crippen LogP contribution < -0.4 is 4.74 Å². The van der Waals surface area contributed by atoms with Crippen molar-refractivity contribution >= 4 is 11.7 Å². The first kappa shape index (κ1) is 22.2. The van der Waals surface area contributed by atoms with E-state index in [1.54, 1.807) is 18.2 Å². The van der Waals surface area contributed by atoms with E-state index in [1.807, 2.05) is 32.0 Å². The number of ether oxygens (including phenoxy) is 1. The molecule has 0 saturated heterocycles. The Balaban J connectivity index is 1.59. The molecule has 1 aromatic heterocycles. The van der Waals surface area contributed by atoms with E-state index in [1.165, 1.54) is 0 Å². The molecule has 168 valence electrons. The van der Waals surface area contributed by atoms with Gasteiger partial charge in [0.15, 0.2) is 0 Å². The van der Waals surface area contributed by atoms with Gasteiger partial charge in [0.2, 0.25) is 5.82 Å². The average Bonchev–Trinajstić information content (AvgIpc) is 3.44. The zero-order chi connectivity index (χ0) is 23.4. The predicted octanol–water partition coefficient (Wildman–Crippen LogP) is 4.66. The van der Waals surface area contributed by atoms with Gasteiger partial charge in [-0.3, -0.25) is 9.79 Å². The van der Waals surface area contributed by atoms with Crippen LogP contribution in [0.2, 0.25) is 0 Å². The number of nitriles is 1. The van der Waals surface area contributed by atoms with Crippen molar-refractivity contribution in [1.29, 1.82) is 5.26 Å². The van der Waals surface area contributed by atoms with Gasteiger partial charge < -0.3 is 14.4 Å². The Labute approximate surface area is 191 Å². The maximum atomic E-state index is 10.7. The van der Waals surface area contributed by atoms with Gasteiger partial charge in [0.05, 0.1) is 11.7 Å². The predicted molar refractivity (Wildman–Crippen MR) is 122 cm³/mol. The fourth-order valence-corrected chi connectivity index (χ4v) is 3.88. The molecule has 1 N–H and O–H groups in total. The Morgan fingerprint density at radius 2 is 2.09 bits per heavy atom. The number of hydrogen-bond acceptors (Lipinski definition) is 7. The zero-order valence-corrected chi connectivity index (χ0v) is 18.5. The number of hydrogen-bond donors (Lipinski definition) is 1. The highest BCUT2D eigenvalue weighted by molar-refractivity contribution is 6.06. The van der Waals surface area contributed by atoms with Crippen LogP contribution in [0, 0.1) is 11.3 Å². The van der Waals surface area contributed by atoms with Gasteiger partial charge in [-0.2, -0.15) is 10.2 Å². The fourth-order valence-electron chi connectivity index (χ4n) is 3.88. The number of carboxylic acid groups (broad SMARTS) is 1. The topological polar surface area (TPSA) is 122 Å². The first-order valence-corrected chi connectivity index (χ1v) is 10.9. The lowest BCUT2D eigenvalue weighted by Gasteiger charge is -2.11. The molecule has 1 heterocycles. The van der Waals surface area contributed by atoms with Gasteiger partial charge in [-0.05, 0) is 62.4 Å². The molecule has 0 radical (unpaired) electrons. The Morgan fingerprint density at radius 1 is 1.27 bits per heavy atom. The van der Waals surface area contributed by atoms with Crippen LogP contribution in [-0.2, 0) is 11.2 Å². The maximum Gasteiger partial charge on any atom is 0.303 e. The molecule has 0 aliphatic heterocycles. The van der Waals surface area contributed by atoms with Crippen molar-refractivity contribution in [1.82, 2.24) is 10.1 Å². The molecule has 0 amide bonds. The summed E-state index contributed by atoms with van der Waals surface area (Å²) in [5.74, 6) is 0.527. The third-order valence-electron chi connectivity index (χ3n) is 5.33. The van der Waals surface area contributed by atoms with E-state index < -0.39 is 5.97 Å². The second-order valence-corrected chi connectivity index (χ2v) is 8.07. The van der Waals surface area contributed by atoms with Crippen LogP contribution in [0.5, 0.6) is 5.75 Å². The Kier molecular flexibility index (Phi) is 6.50. The lowest BCUT2D eigenvalue weighted by atomic mass is 10.0. The summed E-state index contributed by atoms with van der Waals surface area (Å²) in [7, 11) is 0. The Hall–Kier alpha value is -3.99. The summed E-state index contributed by atoms with van der Waals surface area (Å²) < 4.78 is 11.2. The van der Waals surface area contributed by atoms with Gasteiger partial charge in [0.25, 0.3) is 5.89 Å². The third kappa shape index (κ3) is 4.93. The van der Waals surface area contributed by atoms with Crippen LogP contribution in [0.3, 0.4) is 0 Å². The molecule has 0 unspecified atom stereocenters. The summed E-state index contributed by atoms with van der Waals surface area (Å²) >= 11 is 0. The fraction of sp³-hybridized carbons (Fsp3) is 0.320. The Bertz CT molecular complexity index is 1250. The standard InChI is InChI=1S/C25H24N4O4/c1-15(2)32-22-11-8-16(13-17(22)14-26)25-28-24(29-33-25)20-6-3-5-19-18(20)9-10-21(19)27-12-4-7-23(30)31/h3,5-6,8,11,13,15H,4,7,9-10,12H2,1-2H3,(H,30,31). The van der Waals surface area contributed by atoms with Crippen LogP contribution in [0.25, 0.3) is 22.8 Å². The van der Waals surface area contributed by atoms with Gasteiger partial charge in [-0.15, -0.1) is 0 Å². The summed E-state index contributed by atoms with van der Waals surface area (Å²) in [6, 6.07) is 13.3. The quantitative estimate of drug-likeness (QED) is 0.501. The number of aliphatic carboxylic acids is 1. The van der Waals surface area contributed by atoms with Crippen molar-refractivity contribution in [3.8, 4) is 34.7 Å². The van der Waals surface area contributed by atoms with E-state index in [0.29, 0.717) is 41.6 Å². The summed E-state index contributed by atoms with van der Waals surface area (Å²) in [6.07, 6.45) is 2.21. The highest BCUT2D eigenvalue weighted by Crippen LogP contribution is 2.33. The molecule has 1 aliphatic rings. The maximum absolute atomic E-state index is 10.7. The number of carboxylic acids is 1. The lowest BCUT2D eigenvalue weighted by molar-refractivity contribution is -0.137. The molecule has 4 rings (SSSR count). The summed E-state index contributed by atoms with van der Waals surface area (Å²) in [5, 5.41) is 22.5. The molecule has 8 nitrogen and oxygen atoms in total. The highest BCUT2D eigenvalue weighted by Gasteiger charge is 2.23. The minimum Gasteiger partial charge on any atom is -0.490 e. The van der Waals surface area contributed by atoms with Crippen molar-refractivity contribution < 1.29 is 19.2 Å². The number of benzene rings is 2. The van der Waals surface area contributed by atoms with Crippen molar-refractivity contribution in [2.45, 2.75) is 45.6 Å². The molecular weight excluding hydrogens is 420 g/mol. The lowest BCUT2D eigenvalue weighted by Crippen LogP contribution is -2.06. The monoisotopic (exact) mass is 444 g/mol. The largest absolute Gasteiger partial charge is 0.490 e. The molecule has 8 heteroatoms. The summed E-state index contributed by atoms with van der Waals surface area (Å²) in [5.41, 5.74) is 5.09. The van der Waals surface area contributed by atoms with Crippen molar-refractivity contribution in [3.63, 3.8) is 0 Å². The molecular formula is C25H24N4O4. The van der Waals surface area contributed by atoms with Crippen molar-refractivity contribution in [2.24, 2.45) is 4.99 Å². The average molecular weight is 444 g/mol. The molecule has 1 aliphatic carbocycles. The minimum absolute atomic E-state index is 0.0382. The van der Waals surface area contributed by atoms with Gasteiger partial charge in [0, 0.05) is 29.8 Å². The van der Waals surface area contributed by atoms with E-state index >= 15 is 0 Å². The molecule has 0 atom stereocenters. The number of carbonyl (C=O) groups is 1. The van der Waals surface area contributed by atoms with Crippen LogP contribution in [0.1, 0.15) is 49.8 Å². The number of rotatable bonds is 8. The normalized spacial score (nSPS) is 13.8. The van der Waals surface area contributed by atoms with Crippen molar-refractivity contribution in [2.75, 3.05) is 6.54 Å². The number of fused-ring (bicyclic) bond motifs is 1. The van der Waals surface area contributed by atoms with E-state index in [-0.39, 0.29) is 12.5 Å². The first-order chi connectivity index (χ1) is 16.0. The van der Waals surface area contributed by atoms with E-state index in [2.05, 4.69) is 21.2 Å². The molecule has 0 bridgehead atoms. The smallest absolute Gasteiger partial charge is 0.303 e. The number of nitrogens with zero attached hydrogens (tertiary/aromatic N) is 4. The van der Waals surface area contributed by atoms with E-state index in [9.17, 15) is 10.1 Å². The van der Waals surface area contributed by atoms with E-state index in [0.717, 1.165) is 35.2 Å². The third-order valence-corrected chi connectivity index (χ3v) is 5.33. The second-order valence-electron chi connectivity index (χ2n) is 8.07. The van der Waals surface area contributed by atoms with Gasteiger partial charge >= 0.3 is 5.97 Å². The van der Waals surface area contributed by atoms with Crippen molar-refractivity contribution in [3.05, 3.63) is 53.1 Å². The van der Waals surface area contributed by atoms with Gasteiger partial charge in [0.1, 0.15) is 11.8 Å². The molecule has 3 aromatic rings. The van der Waals surface area contributed by atoms with Crippen LogP contribution in [0.4, 0.5) is 0 Å². The molecule has 33 heavy (non-hydrogen) atoms. The summed E-state index contributed by atoms with van der Waals surface area (Å²) in [4.78, 5) is 19.9.